The summed E-state index contributed by atoms with van der Waals surface area (Å²) in [5.74, 6) is 0. The average molecular weight is 359 g/mol. The first-order valence-corrected chi connectivity index (χ1v) is 7.62. The Labute approximate surface area is 132 Å². The second kappa shape index (κ2) is 6.65. The number of nitrogens with one attached hydrogen (secondary N) is 1. The number of rotatable bonds is 4. The van der Waals surface area contributed by atoms with Crippen molar-refractivity contribution in [2.24, 2.45) is 0 Å². The molecule has 0 radical (unpaired) electrons. The molecular weight excluding hydrogens is 345 g/mol. The highest BCUT2D eigenvalue weighted by molar-refractivity contribution is 9.10. The van der Waals surface area contributed by atoms with E-state index in [1.807, 2.05) is 24.3 Å². The second-order valence-electron chi connectivity index (χ2n) is 4.28. The molecule has 0 spiro atoms. The van der Waals surface area contributed by atoms with Gasteiger partial charge in [-0.15, -0.1) is 0 Å². The Bertz CT molecular complexity index is 572. The number of halogens is 3. The van der Waals surface area contributed by atoms with E-state index >= 15 is 0 Å². The van der Waals surface area contributed by atoms with Crippen molar-refractivity contribution < 1.29 is 0 Å². The van der Waals surface area contributed by atoms with Gasteiger partial charge in [0, 0.05) is 9.50 Å². The normalized spacial score (nSPS) is 12.2. The van der Waals surface area contributed by atoms with Crippen molar-refractivity contribution in [3.8, 4) is 0 Å². The van der Waals surface area contributed by atoms with E-state index in [1.165, 1.54) is 5.56 Å². The molecule has 0 saturated heterocycles. The molecule has 0 fully saturated rings. The lowest BCUT2D eigenvalue weighted by Crippen LogP contribution is -2.09. The number of anilines is 1. The van der Waals surface area contributed by atoms with Crippen LogP contribution in [0, 0.1) is 0 Å². The van der Waals surface area contributed by atoms with E-state index in [4.69, 9.17) is 23.2 Å². The summed E-state index contributed by atoms with van der Waals surface area (Å²) in [6.45, 7) is 2.14. The second-order valence-corrected chi connectivity index (χ2v) is 6.04. The summed E-state index contributed by atoms with van der Waals surface area (Å²) >= 11 is 15.6. The minimum atomic E-state index is 0.219. The van der Waals surface area contributed by atoms with Gasteiger partial charge in [0.15, 0.2) is 0 Å². The van der Waals surface area contributed by atoms with Gasteiger partial charge >= 0.3 is 0 Å². The van der Waals surface area contributed by atoms with E-state index in [2.05, 4.69) is 40.3 Å². The Morgan fingerprint density at radius 2 is 1.95 bits per heavy atom. The van der Waals surface area contributed by atoms with Gasteiger partial charge in [-0.25, -0.2) is 0 Å². The third kappa shape index (κ3) is 3.88. The molecular formula is C15H14BrCl2N. The van der Waals surface area contributed by atoms with Crippen LogP contribution < -0.4 is 5.32 Å². The van der Waals surface area contributed by atoms with Crippen LogP contribution in [0.3, 0.4) is 0 Å². The zero-order valence-corrected chi connectivity index (χ0v) is 13.6. The molecule has 1 N–H and O–H groups in total. The molecule has 1 atom stereocenters. The number of hydrogen-bond acceptors (Lipinski definition) is 1. The summed E-state index contributed by atoms with van der Waals surface area (Å²) in [6, 6.07) is 14.0. The molecule has 4 heteroatoms. The lowest BCUT2D eigenvalue weighted by atomic mass is 10.0. The zero-order chi connectivity index (χ0) is 13.8. The van der Waals surface area contributed by atoms with E-state index in [9.17, 15) is 0 Å². The quantitative estimate of drug-likeness (QED) is 0.674. The van der Waals surface area contributed by atoms with Crippen molar-refractivity contribution >= 4 is 44.8 Å². The van der Waals surface area contributed by atoms with Gasteiger partial charge in [0.05, 0.1) is 16.8 Å². The number of benzene rings is 2. The van der Waals surface area contributed by atoms with Crippen LogP contribution in [0.25, 0.3) is 0 Å². The third-order valence-corrected chi connectivity index (χ3v) is 3.96. The molecule has 0 aliphatic rings. The lowest BCUT2D eigenvalue weighted by molar-refractivity contribution is 0.749. The van der Waals surface area contributed by atoms with Crippen LogP contribution in [0.15, 0.2) is 46.9 Å². The fourth-order valence-corrected chi connectivity index (χ4v) is 2.82. The van der Waals surface area contributed by atoms with E-state index in [-0.39, 0.29) is 6.04 Å². The number of hydrogen-bond donors (Lipinski definition) is 1. The Morgan fingerprint density at radius 1 is 1.16 bits per heavy atom. The van der Waals surface area contributed by atoms with Crippen LogP contribution in [-0.2, 0) is 0 Å². The Hall–Kier alpha value is -0.700. The van der Waals surface area contributed by atoms with Crippen molar-refractivity contribution in [3.63, 3.8) is 0 Å². The summed E-state index contributed by atoms with van der Waals surface area (Å²) < 4.78 is 1.08. The largest absolute Gasteiger partial charge is 0.377 e. The van der Waals surface area contributed by atoms with Crippen LogP contribution in [0.4, 0.5) is 5.69 Å². The topological polar surface area (TPSA) is 12.0 Å². The van der Waals surface area contributed by atoms with Crippen LogP contribution in [-0.4, -0.2) is 0 Å². The molecule has 2 aromatic rings. The van der Waals surface area contributed by atoms with Gasteiger partial charge in [0.1, 0.15) is 0 Å². The molecule has 0 amide bonds. The molecule has 0 saturated carbocycles. The van der Waals surface area contributed by atoms with Crippen molar-refractivity contribution in [2.75, 3.05) is 5.32 Å². The van der Waals surface area contributed by atoms with Crippen molar-refractivity contribution in [2.45, 2.75) is 19.4 Å². The summed E-state index contributed by atoms with van der Waals surface area (Å²) in [7, 11) is 0. The molecule has 0 heterocycles. The molecule has 1 nitrogen and oxygen atoms in total. The van der Waals surface area contributed by atoms with E-state index < -0.39 is 0 Å². The maximum atomic E-state index is 6.19. The van der Waals surface area contributed by atoms with Crippen LogP contribution in [0.1, 0.15) is 24.9 Å². The highest BCUT2D eigenvalue weighted by Crippen LogP contribution is 2.30. The van der Waals surface area contributed by atoms with Crippen LogP contribution in [0.2, 0.25) is 10.0 Å². The molecule has 0 aliphatic carbocycles. The average Bonchev–Trinajstić information content (AvgIpc) is 2.38. The Kier molecular flexibility index (Phi) is 5.14. The van der Waals surface area contributed by atoms with E-state index in [0.29, 0.717) is 10.0 Å². The van der Waals surface area contributed by atoms with Gasteiger partial charge < -0.3 is 5.32 Å². The maximum Gasteiger partial charge on any atom is 0.0652 e. The van der Waals surface area contributed by atoms with Gasteiger partial charge in [-0.2, -0.15) is 0 Å². The molecule has 2 rings (SSSR count). The highest BCUT2D eigenvalue weighted by Gasteiger charge is 2.11. The third-order valence-electron chi connectivity index (χ3n) is 2.92. The highest BCUT2D eigenvalue weighted by atomic mass is 79.9. The minimum Gasteiger partial charge on any atom is -0.377 e. The predicted molar refractivity (Wildman–Crippen MR) is 87.3 cm³/mol. The Balaban J connectivity index is 2.24. The maximum absolute atomic E-state index is 6.19. The predicted octanol–water partition coefficient (Wildman–Crippen LogP) is 6.32. The molecule has 19 heavy (non-hydrogen) atoms. The van der Waals surface area contributed by atoms with Crippen LogP contribution >= 0.6 is 39.1 Å². The van der Waals surface area contributed by atoms with Gasteiger partial charge in [0.2, 0.25) is 0 Å². The molecule has 2 aromatic carbocycles. The van der Waals surface area contributed by atoms with E-state index in [1.54, 1.807) is 6.07 Å². The van der Waals surface area contributed by atoms with Gasteiger partial charge in [0.25, 0.3) is 0 Å². The fourth-order valence-electron chi connectivity index (χ4n) is 1.94. The minimum absolute atomic E-state index is 0.219. The van der Waals surface area contributed by atoms with Crippen LogP contribution in [0.5, 0.6) is 0 Å². The van der Waals surface area contributed by atoms with Crippen molar-refractivity contribution in [1.29, 1.82) is 0 Å². The van der Waals surface area contributed by atoms with Crippen molar-refractivity contribution in [3.05, 3.63) is 62.5 Å². The smallest absolute Gasteiger partial charge is 0.0652 e. The molecule has 0 bridgehead atoms. The van der Waals surface area contributed by atoms with Crippen molar-refractivity contribution in [1.82, 2.24) is 0 Å². The Morgan fingerprint density at radius 3 is 2.58 bits per heavy atom. The lowest BCUT2D eigenvalue weighted by Gasteiger charge is -2.20. The molecule has 0 aromatic heterocycles. The summed E-state index contributed by atoms with van der Waals surface area (Å²) in [5.41, 5.74) is 2.13. The molecule has 100 valence electrons. The molecule has 1 unspecified atom stereocenters. The first kappa shape index (κ1) is 14.7. The van der Waals surface area contributed by atoms with E-state index in [0.717, 1.165) is 16.6 Å². The summed E-state index contributed by atoms with van der Waals surface area (Å²) in [5, 5.41) is 4.74. The zero-order valence-electron chi connectivity index (χ0n) is 10.5. The van der Waals surface area contributed by atoms with Gasteiger partial charge in [-0.1, -0.05) is 58.2 Å². The summed E-state index contributed by atoms with van der Waals surface area (Å²) in [4.78, 5) is 0. The standard InChI is InChI=1S/C15H14BrCl2N/c1-2-14(10-4-3-5-11(16)8-10)19-15-7-6-12(17)9-13(15)18/h3-9,14,19H,2H2,1H3. The van der Waals surface area contributed by atoms with Gasteiger partial charge in [-0.3, -0.25) is 0 Å². The first-order chi connectivity index (χ1) is 9.10. The first-order valence-electron chi connectivity index (χ1n) is 6.07. The summed E-state index contributed by atoms with van der Waals surface area (Å²) in [6.07, 6.45) is 0.968. The van der Waals surface area contributed by atoms with Gasteiger partial charge in [-0.05, 0) is 42.3 Å². The SMILES string of the molecule is CCC(Nc1ccc(Cl)cc1Cl)c1cccc(Br)c1. The fraction of sp³-hybridized carbons (Fsp3) is 0.200. The molecule has 0 aliphatic heterocycles. The monoisotopic (exact) mass is 357 g/mol.